The predicted molar refractivity (Wildman–Crippen MR) is 74.7 cm³/mol. The number of rotatable bonds is 1. The Labute approximate surface area is 113 Å². The van der Waals surface area contributed by atoms with Crippen LogP contribution in [0, 0.1) is 18.3 Å². The highest BCUT2D eigenvalue weighted by atomic mass is 15.1. The first-order chi connectivity index (χ1) is 9.20. The standard InChI is InChI=1S/C16H17N3/c1-11-18-15(10-17)16(19(11)2)14-8-7-12-5-3-4-6-13(12)9-14/h7-9H,3-6H2,1-2H3. The Morgan fingerprint density at radius 3 is 2.68 bits per heavy atom. The average Bonchev–Trinajstić information content (AvgIpc) is 2.74. The lowest BCUT2D eigenvalue weighted by atomic mass is 9.90. The van der Waals surface area contributed by atoms with Gasteiger partial charge in [-0.05, 0) is 49.8 Å². The molecular weight excluding hydrogens is 234 g/mol. The molecule has 0 radical (unpaired) electrons. The largest absolute Gasteiger partial charge is 0.330 e. The van der Waals surface area contributed by atoms with Crippen molar-refractivity contribution in [2.75, 3.05) is 0 Å². The van der Waals surface area contributed by atoms with E-state index in [0.29, 0.717) is 5.69 Å². The summed E-state index contributed by atoms with van der Waals surface area (Å²) >= 11 is 0. The maximum absolute atomic E-state index is 9.23. The Hall–Kier alpha value is -2.08. The Morgan fingerprint density at radius 1 is 1.21 bits per heavy atom. The molecule has 0 saturated heterocycles. The zero-order valence-corrected chi connectivity index (χ0v) is 11.4. The molecule has 0 spiro atoms. The Morgan fingerprint density at radius 2 is 1.95 bits per heavy atom. The fourth-order valence-corrected chi connectivity index (χ4v) is 2.90. The van der Waals surface area contributed by atoms with Gasteiger partial charge in [0.1, 0.15) is 11.9 Å². The molecule has 0 atom stereocenters. The van der Waals surface area contributed by atoms with E-state index in [-0.39, 0.29) is 0 Å². The van der Waals surface area contributed by atoms with Crippen LogP contribution in [0.2, 0.25) is 0 Å². The van der Waals surface area contributed by atoms with Crippen molar-refractivity contribution in [2.24, 2.45) is 7.05 Å². The number of fused-ring (bicyclic) bond motifs is 1. The first-order valence-electron chi connectivity index (χ1n) is 6.76. The van der Waals surface area contributed by atoms with Crippen LogP contribution in [0.1, 0.15) is 35.5 Å². The second-order valence-electron chi connectivity index (χ2n) is 5.22. The quantitative estimate of drug-likeness (QED) is 0.781. The summed E-state index contributed by atoms with van der Waals surface area (Å²) in [5.74, 6) is 0.879. The molecule has 1 heterocycles. The minimum Gasteiger partial charge on any atom is -0.330 e. The van der Waals surface area contributed by atoms with E-state index in [1.54, 1.807) is 0 Å². The molecule has 0 unspecified atom stereocenters. The average molecular weight is 251 g/mol. The second kappa shape index (κ2) is 4.55. The minimum atomic E-state index is 0.524. The van der Waals surface area contributed by atoms with Crippen molar-refractivity contribution in [1.29, 1.82) is 5.26 Å². The molecule has 3 nitrogen and oxygen atoms in total. The van der Waals surface area contributed by atoms with E-state index in [1.807, 2.05) is 18.5 Å². The van der Waals surface area contributed by atoms with Crippen LogP contribution >= 0.6 is 0 Å². The Bertz CT molecular complexity index is 674. The van der Waals surface area contributed by atoms with Crippen molar-refractivity contribution in [2.45, 2.75) is 32.6 Å². The number of nitrogens with zero attached hydrogens (tertiary/aromatic N) is 3. The van der Waals surface area contributed by atoms with E-state index >= 15 is 0 Å². The fraction of sp³-hybridized carbons (Fsp3) is 0.375. The molecule has 0 N–H and O–H groups in total. The zero-order valence-electron chi connectivity index (χ0n) is 11.4. The Balaban J connectivity index is 2.15. The lowest BCUT2D eigenvalue weighted by molar-refractivity contribution is 0.686. The van der Waals surface area contributed by atoms with Crippen molar-refractivity contribution in [3.63, 3.8) is 0 Å². The van der Waals surface area contributed by atoms with E-state index in [0.717, 1.165) is 23.5 Å². The molecule has 1 aliphatic carbocycles. The van der Waals surface area contributed by atoms with E-state index in [4.69, 9.17) is 0 Å². The predicted octanol–water partition coefficient (Wildman–Crippen LogP) is 3.15. The van der Waals surface area contributed by atoms with E-state index in [1.165, 1.54) is 30.4 Å². The topological polar surface area (TPSA) is 41.6 Å². The van der Waals surface area contributed by atoms with E-state index in [9.17, 15) is 5.26 Å². The normalized spacial score (nSPS) is 13.9. The molecule has 1 aromatic heterocycles. The molecule has 2 aromatic rings. The summed E-state index contributed by atoms with van der Waals surface area (Å²) < 4.78 is 2.00. The number of aryl methyl sites for hydroxylation is 3. The van der Waals surface area contributed by atoms with Crippen LogP contribution in [0.25, 0.3) is 11.3 Å². The van der Waals surface area contributed by atoms with Gasteiger partial charge in [-0.15, -0.1) is 0 Å². The summed E-state index contributed by atoms with van der Waals surface area (Å²) in [5.41, 5.74) is 5.48. The first kappa shape index (κ1) is 12.0. The number of benzene rings is 1. The summed E-state index contributed by atoms with van der Waals surface area (Å²) in [5, 5.41) is 9.23. The fourth-order valence-electron chi connectivity index (χ4n) is 2.90. The third-order valence-corrected chi connectivity index (χ3v) is 4.05. The van der Waals surface area contributed by atoms with Crippen LogP contribution < -0.4 is 0 Å². The van der Waals surface area contributed by atoms with Gasteiger partial charge in [-0.1, -0.05) is 12.1 Å². The van der Waals surface area contributed by atoms with Crippen LogP contribution in [0.4, 0.5) is 0 Å². The number of nitriles is 1. The summed E-state index contributed by atoms with van der Waals surface area (Å²) in [6.45, 7) is 1.93. The van der Waals surface area contributed by atoms with Crippen LogP contribution in [-0.2, 0) is 19.9 Å². The molecule has 3 rings (SSSR count). The number of aromatic nitrogens is 2. The van der Waals surface area contributed by atoms with Crippen LogP contribution in [0.3, 0.4) is 0 Å². The van der Waals surface area contributed by atoms with Crippen LogP contribution in [0.15, 0.2) is 18.2 Å². The molecule has 19 heavy (non-hydrogen) atoms. The van der Waals surface area contributed by atoms with Crippen LogP contribution in [-0.4, -0.2) is 9.55 Å². The van der Waals surface area contributed by atoms with Gasteiger partial charge in [-0.2, -0.15) is 5.26 Å². The van der Waals surface area contributed by atoms with Crippen LogP contribution in [0.5, 0.6) is 0 Å². The van der Waals surface area contributed by atoms with Gasteiger partial charge in [-0.3, -0.25) is 0 Å². The van der Waals surface area contributed by atoms with Gasteiger partial charge in [-0.25, -0.2) is 4.98 Å². The highest BCUT2D eigenvalue weighted by Gasteiger charge is 2.16. The molecule has 0 fully saturated rings. The number of hydrogen-bond acceptors (Lipinski definition) is 2. The number of hydrogen-bond donors (Lipinski definition) is 0. The molecule has 96 valence electrons. The first-order valence-corrected chi connectivity index (χ1v) is 6.76. The third-order valence-electron chi connectivity index (χ3n) is 4.05. The molecule has 1 aromatic carbocycles. The van der Waals surface area contributed by atoms with Gasteiger partial charge in [0.25, 0.3) is 0 Å². The smallest absolute Gasteiger partial charge is 0.166 e. The van der Waals surface area contributed by atoms with Crippen molar-refractivity contribution in [3.8, 4) is 17.3 Å². The van der Waals surface area contributed by atoms with Crippen molar-refractivity contribution in [3.05, 3.63) is 40.8 Å². The van der Waals surface area contributed by atoms with E-state index < -0.39 is 0 Å². The van der Waals surface area contributed by atoms with Gasteiger partial charge < -0.3 is 4.57 Å². The molecule has 0 aliphatic heterocycles. The van der Waals surface area contributed by atoms with Gasteiger partial charge in [0.15, 0.2) is 5.69 Å². The highest BCUT2D eigenvalue weighted by Crippen LogP contribution is 2.29. The number of imidazole rings is 1. The lowest BCUT2D eigenvalue weighted by Crippen LogP contribution is -2.03. The third kappa shape index (κ3) is 1.94. The zero-order chi connectivity index (χ0) is 13.4. The summed E-state index contributed by atoms with van der Waals surface area (Å²) in [4.78, 5) is 4.32. The van der Waals surface area contributed by atoms with Gasteiger partial charge >= 0.3 is 0 Å². The van der Waals surface area contributed by atoms with E-state index in [2.05, 4.69) is 29.3 Å². The van der Waals surface area contributed by atoms with Gasteiger partial charge in [0, 0.05) is 12.6 Å². The SMILES string of the molecule is Cc1nc(C#N)c(-c2ccc3c(c2)CCCC3)n1C. The van der Waals surface area contributed by atoms with Crippen molar-refractivity contribution >= 4 is 0 Å². The minimum absolute atomic E-state index is 0.524. The summed E-state index contributed by atoms with van der Waals surface area (Å²) in [7, 11) is 1.97. The maximum Gasteiger partial charge on any atom is 0.166 e. The lowest BCUT2D eigenvalue weighted by Gasteiger charge is -2.16. The molecule has 0 bridgehead atoms. The van der Waals surface area contributed by atoms with Crippen molar-refractivity contribution in [1.82, 2.24) is 9.55 Å². The molecule has 0 amide bonds. The molecule has 1 aliphatic rings. The molecule has 0 saturated carbocycles. The highest BCUT2D eigenvalue weighted by molar-refractivity contribution is 5.67. The molecular formula is C16H17N3. The van der Waals surface area contributed by atoms with Gasteiger partial charge in [0.2, 0.25) is 0 Å². The maximum atomic E-state index is 9.23. The van der Waals surface area contributed by atoms with Crippen molar-refractivity contribution < 1.29 is 0 Å². The summed E-state index contributed by atoms with van der Waals surface area (Å²) in [6.07, 6.45) is 4.90. The second-order valence-corrected chi connectivity index (χ2v) is 5.22. The Kier molecular flexibility index (Phi) is 2.87. The van der Waals surface area contributed by atoms with Gasteiger partial charge in [0.05, 0.1) is 5.69 Å². The monoisotopic (exact) mass is 251 g/mol. The summed E-state index contributed by atoms with van der Waals surface area (Å²) in [6, 6.07) is 8.79. The molecule has 3 heteroatoms.